The minimum Gasteiger partial charge on any atom is -0.377 e. The highest BCUT2D eigenvalue weighted by molar-refractivity contribution is 7.89. The maximum atomic E-state index is 12.9. The summed E-state index contributed by atoms with van der Waals surface area (Å²) in [5.41, 5.74) is 3.75. The summed E-state index contributed by atoms with van der Waals surface area (Å²) in [7, 11) is -2.10. The van der Waals surface area contributed by atoms with Crippen molar-refractivity contribution in [3.63, 3.8) is 0 Å². The summed E-state index contributed by atoms with van der Waals surface area (Å²) in [6, 6.07) is 10.2. The van der Waals surface area contributed by atoms with E-state index in [0.717, 1.165) is 34.2 Å². The number of benzene rings is 2. The van der Waals surface area contributed by atoms with Crippen molar-refractivity contribution in [3.8, 4) is 0 Å². The number of carbonyl (C=O) groups excluding carboxylic acids is 1. The molecule has 176 valence electrons. The van der Waals surface area contributed by atoms with Crippen LogP contribution in [0.15, 0.2) is 46.3 Å². The number of carbonyl (C=O) groups is 1. The molecule has 1 unspecified atom stereocenters. The van der Waals surface area contributed by atoms with E-state index in [2.05, 4.69) is 35.5 Å². The van der Waals surface area contributed by atoms with Gasteiger partial charge in [-0.3, -0.25) is 4.79 Å². The average Bonchev–Trinajstić information content (AvgIpc) is 3.44. The molecule has 0 N–H and O–H groups in total. The highest BCUT2D eigenvalue weighted by atomic mass is 32.2. The Morgan fingerprint density at radius 1 is 1.18 bits per heavy atom. The van der Waals surface area contributed by atoms with Crippen LogP contribution in [0.4, 0.5) is 0 Å². The number of likely N-dealkylation sites (N-methyl/N-ethyl adjacent to an activating group) is 1. The topological polar surface area (TPSA) is 81.0 Å². The number of sulfonamides is 1. The van der Waals surface area contributed by atoms with Gasteiger partial charge in [-0.05, 0) is 69.0 Å². The van der Waals surface area contributed by atoms with Gasteiger partial charge in [-0.1, -0.05) is 23.5 Å². The predicted molar refractivity (Wildman–Crippen MR) is 130 cm³/mol. The highest BCUT2D eigenvalue weighted by Crippen LogP contribution is 2.25. The lowest BCUT2D eigenvalue weighted by Gasteiger charge is -2.20. The quantitative estimate of drug-likeness (QED) is 0.528. The zero-order valence-corrected chi connectivity index (χ0v) is 21.0. The molecule has 1 saturated heterocycles. The number of nitrogens with zero attached hydrogens (tertiary/aromatic N) is 3. The highest BCUT2D eigenvalue weighted by Gasteiger charge is 2.26. The summed E-state index contributed by atoms with van der Waals surface area (Å²) in [4.78, 5) is 18.1. The molecule has 3 aromatic rings. The van der Waals surface area contributed by atoms with Gasteiger partial charge in [0.1, 0.15) is 0 Å². The van der Waals surface area contributed by atoms with E-state index in [1.807, 2.05) is 6.92 Å². The van der Waals surface area contributed by atoms with E-state index >= 15 is 0 Å². The van der Waals surface area contributed by atoms with Gasteiger partial charge in [0.2, 0.25) is 10.0 Å². The van der Waals surface area contributed by atoms with E-state index in [4.69, 9.17) is 4.74 Å². The van der Waals surface area contributed by atoms with Crippen LogP contribution >= 0.6 is 11.3 Å². The number of rotatable bonds is 6. The summed E-state index contributed by atoms with van der Waals surface area (Å²) >= 11 is 1.50. The van der Waals surface area contributed by atoms with Crippen molar-refractivity contribution in [2.24, 2.45) is 4.99 Å². The average molecular weight is 488 g/mol. The van der Waals surface area contributed by atoms with Gasteiger partial charge in [-0.25, -0.2) is 8.42 Å². The smallest absolute Gasteiger partial charge is 0.279 e. The minimum atomic E-state index is -3.66. The van der Waals surface area contributed by atoms with Crippen molar-refractivity contribution in [3.05, 3.63) is 57.9 Å². The van der Waals surface area contributed by atoms with Gasteiger partial charge in [0.15, 0.2) is 4.80 Å². The summed E-state index contributed by atoms with van der Waals surface area (Å²) in [5.74, 6) is -0.393. The Bertz CT molecular complexity index is 1350. The molecule has 0 bridgehead atoms. The van der Waals surface area contributed by atoms with Gasteiger partial charge in [-0.2, -0.15) is 9.30 Å². The van der Waals surface area contributed by atoms with E-state index < -0.39 is 15.9 Å². The third-order valence-corrected chi connectivity index (χ3v) is 9.08. The van der Waals surface area contributed by atoms with Crippen LogP contribution in [0, 0.1) is 13.8 Å². The second-order valence-corrected chi connectivity index (χ2v) is 11.4. The van der Waals surface area contributed by atoms with E-state index in [1.54, 1.807) is 7.05 Å². The number of hydrogen-bond acceptors (Lipinski definition) is 5. The van der Waals surface area contributed by atoms with Crippen molar-refractivity contribution in [1.29, 1.82) is 0 Å². The number of amides is 1. The molecule has 1 amide bonds. The summed E-state index contributed by atoms with van der Waals surface area (Å²) in [6.07, 6.45) is 1.75. The van der Waals surface area contributed by atoms with Crippen LogP contribution in [0.2, 0.25) is 0 Å². The van der Waals surface area contributed by atoms with E-state index in [0.29, 0.717) is 30.1 Å². The lowest BCUT2D eigenvalue weighted by Crippen LogP contribution is -2.34. The molecule has 4 rings (SSSR count). The maximum Gasteiger partial charge on any atom is 0.279 e. The van der Waals surface area contributed by atoms with Gasteiger partial charge in [0.25, 0.3) is 5.91 Å². The fourth-order valence-corrected chi connectivity index (χ4v) is 6.57. The van der Waals surface area contributed by atoms with E-state index in [1.165, 1.54) is 39.9 Å². The van der Waals surface area contributed by atoms with Crippen molar-refractivity contribution < 1.29 is 17.9 Å². The van der Waals surface area contributed by atoms with Crippen molar-refractivity contribution in [2.45, 2.75) is 51.2 Å². The molecule has 1 aromatic heterocycles. The number of thiazole rings is 1. The number of fused-ring (bicyclic) bond motifs is 1. The molecule has 0 saturated carbocycles. The van der Waals surface area contributed by atoms with Crippen LogP contribution in [0.5, 0.6) is 0 Å². The largest absolute Gasteiger partial charge is 0.377 e. The predicted octanol–water partition coefficient (Wildman–Crippen LogP) is 3.88. The van der Waals surface area contributed by atoms with Crippen molar-refractivity contribution >= 4 is 37.5 Å². The molecule has 1 aliphatic heterocycles. The van der Waals surface area contributed by atoms with Crippen LogP contribution < -0.4 is 4.80 Å². The lowest BCUT2D eigenvalue weighted by atomic mass is 10.1. The normalized spacial score (nSPS) is 17.4. The van der Waals surface area contributed by atoms with Gasteiger partial charge in [-0.15, -0.1) is 0 Å². The number of ether oxygens (including phenoxy) is 1. The van der Waals surface area contributed by atoms with Crippen LogP contribution in [0.3, 0.4) is 0 Å². The van der Waals surface area contributed by atoms with Crippen LogP contribution in [0.1, 0.15) is 41.3 Å². The fourth-order valence-electron chi connectivity index (χ4n) is 4.13. The molecule has 1 aliphatic rings. The van der Waals surface area contributed by atoms with Gasteiger partial charge in [0.05, 0.1) is 21.2 Å². The van der Waals surface area contributed by atoms with Gasteiger partial charge < -0.3 is 9.30 Å². The summed E-state index contributed by atoms with van der Waals surface area (Å²) in [5, 5.41) is 0. The monoisotopic (exact) mass is 487 g/mol. The molecule has 1 fully saturated rings. The van der Waals surface area contributed by atoms with Crippen molar-refractivity contribution in [2.75, 3.05) is 20.2 Å². The molecule has 0 radical (unpaired) electrons. The Kier molecular flexibility index (Phi) is 6.86. The van der Waals surface area contributed by atoms with Crippen LogP contribution in [0.25, 0.3) is 10.2 Å². The first-order valence-electron chi connectivity index (χ1n) is 11.1. The molecular formula is C24H29N3O4S2. The number of aryl methyl sites for hydroxylation is 3. The summed E-state index contributed by atoms with van der Waals surface area (Å²) < 4.78 is 35.8. The SMILES string of the molecule is CCn1c(=NC(=O)c2ccc(S(=O)(=O)N(C)CC3CCCO3)cc2)sc2c(C)ccc(C)c21. The lowest BCUT2D eigenvalue weighted by molar-refractivity contribution is 0.0979. The van der Waals surface area contributed by atoms with Crippen LogP contribution in [-0.4, -0.2) is 49.5 Å². The zero-order valence-electron chi connectivity index (χ0n) is 19.4. The molecule has 9 heteroatoms. The zero-order chi connectivity index (χ0) is 23.8. The Hall–Kier alpha value is -2.33. The first-order chi connectivity index (χ1) is 15.7. The van der Waals surface area contributed by atoms with Gasteiger partial charge >= 0.3 is 0 Å². The third-order valence-electron chi connectivity index (χ3n) is 6.03. The standard InChI is InChI=1S/C24H29N3O4S2/c1-5-27-21-16(2)8-9-17(3)22(21)32-24(27)25-23(28)18-10-12-20(13-11-18)33(29,30)26(4)15-19-7-6-14-31-19/h8-13,19H,5-7,14-15H2,1-4H3. The number of aromatic nitrogens is 1. The molecular weight excluding hydrogens is 458 g/mol. The molecule has 2 heterocycles. The Balaban J connectivity index is 1.61. The Labute approximate surface area is 198 Å². The fraction of sp³-hybridized carbons (Fsp3) is 0.417. The molecule has 2 aromatic carbocycles. The molecule has 33 heavy (non-hydrogen) atoms. The van der Waals surface area contributed by atoms with Crippen molar-refractivity contribution in [1.82, 2.24) is 8.87 Å². The summed E-state index contributed by atoms with van der Waals surface area (Å²) in [6.45, 7) is 7.84. The second kappa shape index (κ2) is 9.50. The second-order valence-electron chi connectivity index (χ2n) is 8.37. The first-order valence-corrected chi connectivity index (χ1v) is 13.3. The molecule has 0 spiro atoms. The molecule has 0 aliphatic carbocycles. The Morgan fingerprint density at radius 3 is 2.52 bits per heavy atom. The third kappa shape index (κ3) is 4.68. The van der Waals surface area contributed by atoms with Gasteiger partial charge in [0, 0.05) is 32.3 Å². The van der Waals surface area contributed by atoms with Crippen LogP contribution in [-0.2, 0) is 21.3 Å². The van der Waals surface area contributed by atoms with E-state index in [9.17, 15) is 13.2 Å². The van der Waals surface area contributed by atoms with E-state index in [-0.39, 0.29) is 11.0 Å². The Morgan fingerprint density at radius 2 is 1.88 bits per heavy atom. The number of hydrogen-bond donors (Lipinski definition) is 0. The molecule has 1 atom stereocenters. The molecule has 7 nitrogen and oxygen atoms in total. The minimum absolute atomic E-state index is 0.0664. The first kappa shape index (κ1) is 23.8. The maximum absolute atomic E-state index is 12.9.